The SMILES string of the molecule is CCC1(C(=O)O)CCN(C(=O)NCC(=O)NC(C)C)CC1. The number of carboxylic acid groups (broad SMARTS) is 1. The first-order valence-electron chi connectivity index (χ1n) is 7.36. The number of carbonyl (C=O) groups is 3. The Morgan fingerprint density at radius 3 is 2.24 bits per heavy atom. The molecular formula is C14H25N3O4. The Morgan fingerprint density at radius 1 is 1.24 bits per heavy atom. The zero-order valence-corrected chi connectivity index (χ0v) is 12.9. The van der Waals surface area contributed by atoms with E-state index in [-0.39, 0.29) is 24.5 Å². The van der Waals surface area contributed by atoms with E-state index < -0.39 is 11.4 Å². The lowest BCUT2D eigenvalue weighted by atomic mass is 9.76. The van der Waals surface area contributed by atoms with Gasteiger partial charge in [-0.15, -0.1) is 0 Å². The maximum Gasteiger partial charge on any atom is 0.317 e. The van der Waals surface area contributed by atoms with Crippen molar-refractivity contribution in [1.29, 1.82) is 0 Å². The van der Waals surface area contributed by atoms with Gasteiger partial charge in [-0.25, -0.2) is 4.79 Å². The smallest absolute Gasteiger partial charge is 0.317 e. The quantitative estimate of drug-likeness (QED) is 0.699. The molecule has 7 nitrogen and oxygen atoms in total. The van der Waals surface area contributed by atoms with Crippen molar-refractivity contribution in [2.45, 2.75) is 46.1 Å². The number of hydrogen-bond acceptors (Lipinski definition) is 3. The molecule has 0 aromatic heterocycles. The molecule has 1 heterocycles. The molecule has 0 aromatic rings. The fourth-order valence-electron chi connectivity index (χ4n) is 2.50. The Labute approximate surface area is 125 Å². The van der Waals surface area contributed by atoms with E-state index >= 15 is 0 Å². The van der Waals surface area contributed by atoms with Crippen LogP contribution in [0.2, 0.25) is 0 Å². The lowest BCUT2D eigenvalue weighted by Gasteiger charge is -2.38. The van der Waals surface area contributed by atoms with E-state index in [9.17, 15) is 19.5 Å². The predicted octanol–water partition coefficient (Wildman–Crippen LogP) is 0.797. The number of carbonyl (C=O) groups excluding carboxylic acids is 2. The van der Waals surface area contributed by atoms with E-state index in [1.165, 1.54) is 0 Å². The summed E-state index contributed by atoms with van der Waals surface area (Å²) in [7, 11) is 0. The molecule has 1 aliphatic rings. The second-order valence-electron chi connectivity index (χ2n) is 5.81. The van der Waals surface area contributed by atoms with Crippen LogP contribution in [0.3, 0.4) is 0 Å². The average Bonchev–Trinajstić information content (AvgIpc) is 2.44. The maximum absolute atomic E-state index is 11.9. The minimum absolute atomic E-state index is 0.0325. The van der Waals surface area contributed by atoms with Gasteiger partial charge in [-0.05, 0) is 33.1 Å². The van der Waals surface area contributed by atoms with Crippen molar-refractivity contribution in [3.8, 4) is 0 Å². The molecule has 0 unspecified atom stereocenters. The van der Waals surface area contributed by atoms with Crippen molar-refractivity contribution in [2.24, 2.45) is 5.41 Å². The van der Waals surface area contributed by atoms with Crippen LogP contribution in [0.1, 0.15) is 40.0 Å². The molecule has 0 spiro atoms. The third-order valence-corrected chi connectivity index (χ3v) is 3.99. The monoisotopic (exact) mass is 299 g/mol. The van der Waals surface area contributed by atoms with E-state index in [2.05, 4.69) is 10.6 Å². The predicted molar refractivity (Wildman–Crippen MR) is 77.8 cm³/mol. The highest BCUT2D eigenvalue weighted by molar-refractivity contribution is 5.84. The van der Waals surface area contributed by atoms with Crippen LogP contribution < -0.4 is 10.6 Å². The second kappa shape index (κ2) is 7.28. The van der Waals surface area contributed by atoms with Gasteiger partial charge in [-0.3, -0.25) is 9.59 Å². The molecule has 0 atom stereocenters. The summed E-state index contributed by atoms with van der Waals surface area (Å²) in [6.07, 6.45) is 1.46. The molecule has 3 N–H and O–H groups in total. The normalized spacial score (nSPS) is 17.4. The molecule has 0 saturated carbocycles. The van der Waals surface area contributed by atoms with Crippen LogP contribution in [-0.4, -0.2) is 53.6 Å². The number of nitrogens with one attached hydrogen (secondary N) is 2. The number of piperidine rings is 1. The van der Waals surface area contributed by atoms with Crippen LogP contribution in [0.4, 0.5) is 4.79 Å². The van der Waals surface area contributed by atoms with Crippen LogP contribution in [0.5, 0.6) is 0 Å². The number of rotatable bonds is 5. The van der Waals surface area contributed by atoms with E-state index in [4.69, 9.17) is 0 Å². The third-order valence-electron chi connectivity index (χ3n) is 3.99. The van der Waals surface area contributed by atoms with Gasteiger partial charge in [0.15, 0.2) is 0 Å². The number of hydrogen-bond donors (Lipinski definition) is 3. The van der Waals surface area contributed by atoms with Crippen LogP contribution in [-0.2, 0) is 9.59 Å². The number of aliphatic carboxylic acids is 1. The van der Waals surface area contributed by atoms with Gasteiger partial charge in [-0.2, -0.15) is 0 Å². The van der Waals surface area contributed by atoms with Crippen LogP contribution in [0.15, 0.2) is 0 Å². The van der Waals surface area contributed by atoms with Crippen LogP contribution in [0.25, 0.3) is 0 Å². The lowest BCUT2D eigenvalue weighted by molar-refractivity contribution is -0.151. The Morgan fingerprint density at radius 2 is 1.81 bits per heavy atom. The number of likely N-dealkylation sites (tertiary alicyclic amines) is 1. The molecule has 120 valence electrons. The largest absolute Gasteiger partial charge is 0.481 e. The summed E-state index contributed by atoms with van der Waals surface area (Å²) in [5.41, 5.74) is -0.716. The molecule has 7 heteroatoms. The van der Waals surface area contributed by atoms with Gasteiger partial charge in [0.2, 0.25) is 5.91 Å². The second-order valence-corrected chi connectivity index (χ2v) is 5.81. The van der Waals surface area contributed by atoms with E-state index in [0.29, 0.717) is 32.4 Å². The molecule has 21 heavy (non-hydrogen) atoms. The lowest BCUT2D eigenvalue weighted by Crippen LogP contribution is -2.51. The van der Waals surface area contributed by atoms with Gasteiger partial charge < -0.3 is 20.6 Å². The first-order valence-corrected chi connectivity index (χ1v) is 7.36. The average molecular weight is 299 g/mol. The maximum atomic E-state index is 11.9. The van der Waals surface area contributed by atoms with E-state index in [1.54, 1.807) is 4.90 Å². The summed E-state index contributed by atoms with van der Waals surface area (Å²) in [4.78, 5) is 36.3. The third kappa shape index (κ3) is 4.61. The van der Waals surface area contributed by atoms with Crippen molar-refractivity contribution >= 4 is 17.9 Å². The molecule has 0 radical (unpaired) electrons. The standard InChI is InChI=1S/C14H25N3O4/c1-4-14(12(19)20)5-7-17(8-6-14)13(21)15-9-11(18)16-10(2)3/h10H,4-9H2,1-3H3,(H,15,21)(H,16,18)(H,19,20). The zero-order chi connectivity index (χ0) is 16.0. The summed E-state index contributed by atoms with van der Waals surface area (Å²) < 4.78 is 0. The number of carboxylic acids is 1. The molecular weight excluding hydrogens is 274 g/mol. The van der Waals surface area contributed by atoms with E-state index in [0.717, 1.165) is 0 Å². The van der Waals surface area contributed by atoms with Gasteiger partial charge in [-0.1, -0.05) is 6.92 Å². The Hall–Kier alpha value is -1.79. The van der Waals surface area contributed by atoms with Crippen molar-refractivity contribution in [1.82, 2.24) is 15.5 Å². The van der Waals surface area contributed by atoms with Crippen molar-refractivity contribution in [3.63, 3.8) is 0 Å². The fourth-order valence-corrected chi connectivity index (χ4v) is 2.50. The minimum atomic E-state index is -0.790. The summed E-state index contributed by atoms with van der Waals surface area (Å²) in [6, 6.07) is -0.283. The highest BCUT2D eigenvalue weighted by Gasteiger charge is 2.40. The number of urea groups is 1. The Bertz CT molecular complexity index is 401. The number of nitrogens with zero attached hydrogens (tertiary/aromatic N) is 1. The highest BCUT2D eigenvalue weighted by Crippen LogP contribution is 2.35. The van der Waals surface area contributed by atoms with Crippen molar-refractivity contribution < 1.29 is 19.5 Å². The van der Waals surface area contributed by atoms with Crippen molar-refractivity contribution in [2.75, 3.05) is 19.6 Å². The summed E-state index contributed by atoms with van der Waals surface area (Å²) in [5, 5.41) is 14.5. The molecule has 1 aliphatic heterocycles. The van der Waals surface area contributed by atoms with Gasteiger partial charge in [0, 0.05) is 19.1 Å². The van der Waals surface area contributed by atoms with Gasteiger partial charge in [0.05, 0.1) is 12.0 Å². The fraction of sp³-hybridized carbons (Fsp3) is 0.786. The first kappa shape index (κ1) is 17.3. The molecule has 3 amide bonds. The van der Waals surface area contributed by atoms with Crippen LogP contribution in [0, 0.1) is 5.41 Å². The minimum Gasteiger partial charge on any atom is -0.481 e. The van der Waals surface area contributed by atoms with Gasteiger partial charge in [0.25, 0.3) is 0 Å². The Balaban J connectivity index is 2.42. The summed E-state index contributed by atoms with van der Waals surface area (Å²) in [5.74, 6) is -1.02. The van der Waals surface area contributed by atoms with Crippen molar-refractivity contribution in [3.05, 3.63) is 0 Å². The van der Waals surface area contributed by atoms with Gasteiger partial charge >= 0.3 is 12.0 Å². The highest BCUT2D eigenvalue weighted by atomic mass is 16.4. The molecule has 0 aliphatic carbocycles. The topological polar surface area (TPSA) is 98.7 Å². The zero-order valence-electron chi connectivity index (χ0n) is 12.9. The van der Waals surface area contributed by atoms with E-state index in [1.807, 2.05) is 20.8 Å². The number of amides is 3. The summed E-state index contributed by atoms with van der Waals surface area (Å²) >= 11 is 0. The molecule has 1 rings (SSSR count). The molecule has 1 fully saturated rings. The van der Waals surface area contributed by atoms with Gasteiger partial charge in [0.1, 0.15) is 0 Å². The molecule has 0 aromatic carbocycles. The Kier molecular flexibility index (Phi) is 5.99. The van der Waals surface area contributed by atoms with Crippen LogP contribution >= 0.6 is 0 Å². The molecule has 0 bridgehead atoms. The molecule has 1 saturated heterocycles. The summed E-state index contributed by atoms with van der Waals surface area (Å²) in [6.45, 7) is 6.29. The first-order chi connectivity index (χ1) is 9.80.